The Labute approximate surface area is 209 Å². The highest BCUT2D eigenvalue weighted by Crippen LogP contribution is 2.25. The predicted octanol–water partition coefficient (Wildman–Crippen LogP) is 2.84. The Morgan fingerprint density at radius 2 is 1.74 bits per heavy atom. The van der Waals surface area contributed by atoms with Crippen LogP contribution in [0.25, 0.3) is 10.8 Å². The zero-order valence-corrected chi connectivity index (χ0v) is 22.0. The number of carbonyl (C=O) groups is 2. The second kappa shape index (κ2) is 10.8. The first-order chi connectivity index (χ1) is 16.0. The highest BCUT2D eigenvalue weighted by molar-refractivity contribution is 7.89. The van der Waals surface area contributed by atoms with E-state index in [0.29, 0.717) is 16.5 Å². The minimum atomic E-state index is -4.26. The van der Waals surface area contributed by atoms with Crippen LogP contribution in [-0.2, 0) is 29.1 Å². The first kappa shape index (κ1) is 28.3. The smallest absolute Gasteiger partial charge is 0.325 e. The average Bonchev–Trinajstić information content (AvgIpc) is 2.70. The second-order valence-electron chi connectivity index (χ2n) is 9.66. The molecule has 0 spiro atoms. The van der Waals surface area contributed by atoms with Crippen molar-refractivity contribution in [1.82, 2.24) is 9.71 Å². The molecule has 0 saturated carbocycles. The summed E-state index contributed by atoms with van der Waals surface area (Å²) in [5.74, 6) is -1.73. The van der Waals surface area contributed by atoms with Crippen LogP contribution in [0.5, 0.6) is 0 Å². The van der Waals surface area contributed by atoms with Gasteiger partial charge in [-0.25, -0.2) is 8.42 Å². The van der Waals surface area contributed by atoms with Crippen LogP contribution >= 0.6 is 11.8 Å². The van der Waals surface area contributed by atoms with E-state index in [0.717, 1.165) is 0 Å². The van der Waals surface area contributed by atoms with Crippen LogP contribution in [-0.4, -0.2) is 48.5 Å². The van der Waals surface area contributed by atoms with E-state index in [1.165, 1.54) is 30.6 Å². The molecule has 0 aliphatic heterocycles. The van der Waals surface area contributed by atoms with Gasteiger partial charge in [0.05, 0.1) is 23.2 Å². The van der Waals surface area contributed by atoms with Crippen molar-refractivity contribution >= 4 is 56.2 Å². The number of aromatic nitrogens is 1. The number of nitrogens with two attached hydrogens (primary N) is 1. The Morgan fingerprint density at radius 1 is 1.11 bits per heavy atom. The maximum absolute atomic E-state index is 13.2. The van der Waals surface area contributed by atoms with Crippen molar-refractivity contribution in [2.24, 2.45) is 10.2 Å². The summed E-state index contributed by atoms with van der Waals surface area (Å²) in [6.07, 6.45) is 2.38. The first-order valence-electron chi connectivity index (χ1n) is 10.6. The number of carbonyl (C=O) groups excluding carboxylic acids is 2. The van der Waals surface area contributed by atoms with Crippen LogP contribution in [0.15, 0.2) is 40.0 Å². The number of anilines is 1. The summed E-state index contributed by atoms with van der Waals surface area (Å²) < 4.78 is 42.5. The highest BCUT2D eigenvalue weighted by Gasteiger charge is 2.33. The Kier molecular flexibility index (Phi) is 8.69. The lowest BCUT2D eigenvalue weighted by atomic mass is 10.1. The molecule has 1 aromatic carbocycles. The van der Waals surface area contributed by atoms with Gasteiger partial charge in [-0.1, -0.05) is 6.07 Å². The van der Waals surface area contributed by atoms with Crippen molar-refractivity contribution < 1.29 is 27.5 Å². The fourth-order valence-electron chi connectivity index (χ4n) is 2.93. The van der Waals surface area contributed by atoms with E-state index in [4.69, 9.17) is 27.0 Å². The molecule has 0 radical (unpaired) electrons. The van der Waals surface area contributed by atoms with E-state index in [1.54, 1.807) is 41.5 Å². The molecule has 192 valence electrons. The molecule has 0 unspecified atom stereocenters. The van der Waals surface area contributed by atoms with Gasteiger partial charge in [0, 0.05) is 28.7 Å². The number of nitrogens with one attached hydrogen (secondary N) is 2. The molecule has 13 heteroatoms. The zero-order valence-electron chi connectivity index (χ0n) is 20.4. The Morgan fingerprint density at radius 3 is 2.31 bits per heavy atom. The summed E-state index contributed by atoms with van der Waals surface area (Å²) in [6.45, 7) is 9.89. The molecule has 2 aromatic rings. The number of halogens is 1. The summed E-state index contributed by atoms with van der Waals surface area (Å²) in [7, 11) is -4.26. The molecule has 0 saturated heterocycles. The van der Waals surface area contributed by atoms with E-state index in [1.807, 2.05) is 0 Å². The number of hydrogen-bond donors (Lipinski definition) is 3. The molecule has 0 bridgehead atoms. The molecule has 11 nitrogen and oxygen atoms in total. The van der Waals surface area contributed by atoms with Crippen molar-refractivity contribution in [2.75, 3.05) is 5.32 Å². The zero-order chi connectivity index (χ0) is 26.6. The SMILES string of the molecule is CC(C)(C)OC(=O)C[C@@H](NS(=O)(=O)c1ccc2c(NC(N)=NCl)cncc2c1)C(=O)OC(C)(C)C. The Hall–Kier alpha value is -2.96. The van der Waals surface area contributed by atoms with Gasteiger partial charge in [0.25, 0.3) is 0 Å². The van der Waals surface area contributed by atoms with E-state index < -0.39 is 45.6 Å². The number of fused-ring (bicyclic) bond motifs is 1. The largest absolute Gasteiger partial charge is 0.460 e. The number of hydrogen-bond acceptors (Lipinski definition) is 8. The van der Waals surface area contributed by atoms with Gasteiger partial charge in [-0.05, 0) is 53.7 Å². The van der Waals surface area contributed by atoms with E-state index >= 15 is 0 Å². The topological polar surface area (TPSA) is 162 Å². The maximum atomic E-state index is 13.2. The minimum absolute atomic E-state index is 0.0679. The lowest BCUT2D eigenvalue weighted by molar-refractivity contribution is -0.164. The van der Waals surface area contributed by atoms with Gasteiger partial charge in [0.1, 0.15) is 17.2 Å². The van der Waals surface area contributed by atoms with Gasteiger partial charge in [0.2, 0.25) is 16.0 Å². The quantitative estimate of drug-likeness (QED) is 0.279. The number of esters is 2. The highest BCUT2D eigenvalue weighted by atomic mass is 35.5. The number of pyridine rings is 1. The van der Waals surface area contributed by atoms with Gasteiger partial charge < -0.3 is 20.5 Å². The molecule has 4 N–H and O–H groups in total. The fraction of sp³-hybridized carbons (Fsp3) is 0.455. The summed E-state index contributed by atoms with van der Waals surface area (Å²) >= 11 is 5.35. The molecular formula is C22H30ClN5O6S. The van der Waals surface area contributed by atoms with E-state index in [-0.39, 0.29) is 10.9 Å². The second-order valence-corrected chi connectivity index (χ2v) is 11.5. The molecule has 1 aromatic heterocycles. The molecular weight excluding hydrogens is 498 g/mol. The van der Waals surface area contributed by atoms with Gasteiger partial charge >= 0.3 is 11.9 Å². The monoisotopic (exact) mass is 527 g/mol. The van der Waals surface area contributed by atoms with E-state index in [2.05, 4.69) is 19.5 Å². The van der Waals surface area contributed by atoms with Crippen LogP contribution < -0.4 is 15.8 Å². The van der Waals surface area contributed by atoms with Crippen molar-refractivity contribution in [1.29, 1.82) is 0 Å². The molecule has 2 rings (SSSR count). The molecule has 1 atom stereocenters. The third kappa shape index (κ3) is 8.64. The van der Waals surface area contributed by atoms with Crippen molar-refractivity contribution in [3.05, 3.63) is 30.6 Å². The van der Waals surface area contributed by atoms with Gasteiger partial charge in [-0.2, -0.15) is 4.72 Å². The van der Waals surface area contributed by atoms with Gasteiger partial charge in [0.15, 0.2) is 0 Å². The standard InChI is InChI=1S/C22H30ClN5O6S/c1-21(2,3)33-18(29)10-16(19(30)34-22(4,5)6)28-35(31,32)14-7-8-15-13(9-14)11-25-12-17(15)26-20(24)27-23/h7-9,11-12,16,28H,10H2,1-6H3,(H3,24,26,27)/t16-/m1/s1. The fourth-order valence-corrected chi connectivity index (χ4v) is 4.19. The molecule has 0 aliphatic carbocycles. The van der Waals surface area contributed by atoms with Crippen molar-refractivity contribution in [3.8, 4) is 0 Å². The predicted molar refractivity (Wildman–Crippen MR) is 133 cm³/mol. The third-order valence-corrected chi connectivity index (χ3v) is 5.83. The van der Waals surface area contributed by atoms with Crippen LogP contribution in [0.3, 0.4) is 0 Å². The number of guanidine groups is 1. The maximum Gasteiger partial charge on any atom is 0.325 e. The number of rotatable bonds is 7. The minimum Gasteiger partial charge on any atom is -0.460 e. The normalized spacial score (nSPS) is 13.9. The summed E-state index contributed by atoms with van der Waals surface area (Å²) in [5, 5.41) is 3.81. The molecule has 35 heavy (non-hydrogen) atoms. The van der Waals surface area contributed by atoms with Crippen LogP contribution in [0.4, 0.5) is 5.69 Å². The Bertz CT molecular complexity index is 1240. The first-order valence-corrected chi connectivity index (χ1v) is 12.4. The van der Waals surface area contributed by atoms with Gasteiger partial charge in [-0.3, -0.25) is 14.6 Å². The summed E-state index contributed by atoms with van der Waals surface area (Å²) in [5.41, 5.74) is 4.33. The van der Waals surface area contributed by atoms with Crippen LogP contribution in [0, 0.1) is 0 Å². The number of benzene rings is 1. The average molecular weight is 528 g/mol. The molecule has 1 heterocycles. The van der Waals surface area contributed by atoms with Crippen molar-refractivity contribution in [3.63, 3.8) is 0 Å². The number of ether oxygens (including phenoxy) is 2. The molecule has 0 aliphatic rings. The van der Waals surface area contributed by atoms with Crippen molar-refractivity contribution in [2.45, 2.75) is 70.1 Å². The Balaban J connectivity index is 2.38. The molecule has 0 fully saturated rings. The lowest BCUT2D eigenvalue weighted by Gasteiger charge is -2.25. The summed E-state index contributed by atoms with van der Waals surface area (Å²) in [6, 6.07) is 2.73. The third-order valence-electron chi connectivity index (χ3n) is 4.17. The lowest BCUT2D eigenvalue weighted by Crippen LogP contribution is -2.46. The van der Waals surface area contributed by atoms with Gasteiger partial charge in [-0.15, -0.1) is 4.51 Å². The van der Waals surface area contributed by atoms with Crippen LogP contribution in [0.1, 0.15) is 48.0 Å². The van der Waals surface area contributed by atoms with E-state index in [9.17, 15) is 18.0 Å². The number of nitrogens with zero attached hydrogens (tertiary/aromatic N) is 2. The van der Waals surface area contributed by atoms with Crippen LogP contribution in [0.2, 0.25) is 0 Å². The summed E-state index contributed by atoms with van der Waals surface area (Å²) in [4.78, 5) is 29.0. The number of sulfonamides is 1. The molecule has 0 amide bonds.